The summed E-state index contributed by atoms with van der Waals surface area (Å²) in [5.74, 6) is -0.0150. The van der Waals surface area contributed by atoms with E-state index in [1.165, 1.54) is 4.68 Å². The topological polar surface area (TPSA) is 158 Å². The van der Waals surface area contributed by atoms with E-state index < -0.39 is 13.2 Å². The van der Waals surface area contributed by atoms with Crippen LogP contribution in [0.25, 0.3) is 11.2 Å². The molecule has 1 unspecified atom stereocenters. The van der Waals surface area contributed by atoms with Gasteiger partial charge >= 0.3 is 7.60 Å². The Hall–Kier alpha value is -1.81. The lowest BCUT2D eigenvalue weighted by atomic mass is 10.3. The monoisotopic (exact) mass is 360 g/mol. The van der Waals surface area contributed by atoms with Crippen LogP contribution < -0.4 is 11.3 Å². The molecule has 24 heavy (non-hydrogen) atoms. The largest absolute Gasteiger partial charge is 0.369 e. The molecule has 2 rings (SSSR count). The number of aromatic amines is 1. The molecule has 4 N–H and O–H groups in total. The molecule has 12 heteroatoms. The maximum atomic E-state index is 11.6. The second kappa shape index (κ2) is 8.34. The van der Waals surface area contributed by atoms with E-state index in [1.54, 1.807) is 6.92 Å². The van der Waals surface area contributed by atoms with Gasteiger partial charge in [-0.1, -0.05) is 11.6 Å². The highest BCUT2D eigenvalue weighted by atomic mass is 31.2. The Morgan fingerprint density at radius 2 is 2.17 bits per heavy atom. The van der Waals surface area contributed by atoms with Gasteiger partial charge in [0.05, 0.1) is 6.61 Å². The first-order valence-electron chi connectivity index (χ1n) is 7.56. The molecular weight excluding hydrogens is 339 g/mol. The molecule has 0 saturated carbocycles. The molecule has 0 saturated heterocycles. The maximum Gasteiger partial charge on any atom is 0.328 e. The van der Waals surface area contributed by atoms with Gasteiger partial charge in [-0.25, -0.2) is 4.68 Å². The number of hydrogen-bond donors (Lipinski definition) is 3. The van der Waals surface area contributed by atoms with Gasteiger partial charge in [0.1, 0.15) is 6.73 Å². The third kappa shape index (κ3) is 5.10. The molecule has 2 aromatic rings. The summed E-state index contributed by atoms with van der Waals surface area (Å²) >= 11 is 0. The fraction of sp³-hybridized carbons (Fsp3) is 0.667. The van der Waals surface area contributed by atoms with E-state index >= 15 is 0 Å². The maximum absolute atomic E-state index is 11.6. The third-order valence-corrected chi connectivity index (χ3v) is 4.71. The zero-order valence-electron chi connectivity index (χ0n) is 13.3. The lowest BCUT2D eigenvalue weighted by Crippen LogP contribution is -2.13. The molecule has 0 bridgehead atoms. The molecule has 0 aliphatic carbocycles. The molecule has 0 amide bonds. The predicted octanol–water partition coefficient (Wildman–Crippen LogP) is 0.463. The Morgan fingerprint density at radius 3 is 2.92 bits per heavy atom. The second-order valence-electron chi connectivity index (χ2n) is 5.09. The number of unbranched alkanes of at least 4 members (excludes halogenated alkanes) is 2. The number of H-pyrrole nitrogens is 1. The number of rotatable bonds is 10. The van der Waals surface area contributed by atoms with Crippen molar-refractivity contribution >= 4 is 24.7 Å². The highest BCUT2D eigenvalue weighted by Gasteiger charge is 2.17. The van der Waals surface area contributed by atoms with Crippen molar-refractivity contribution in [2.45, 2.75) is 32.9 Å². The van der Waals surface area contributed by atoms with E-state index in [1.807, 2.05) is 0 Å². The Bertz CT molecular complexity index is 775. The van der Waals surface area contributed by atoms with Crippen molar-refractivity contribution in [1.29, 1.82) is 0 Å². The SMILES string of the molecule is CCOP(=O)(O)CCCCCOCn1nnc2c(=O)[nH]c(N)nc21. The predicted molar refractivity (Wildman–Crippen MR) is 86.5 cm³/mol. The molecule has 0 aromatic carbocycles. The number of fused-ring (bicyclic) bond motifs is 1. The van der Waals surface area contributed by atoms with Crippen molar-refractivity contribution < 1.29 is 18.7 Å². The van der Waals surface area contributed by atoms with Crippen LogP contribution in [0.2, 0.25) is 0 Å². The van der Waals surface area contributed by atoms with Gasteiger partial charge in [0, 0.05) is 12.8 Å². The summed E-state index contributed by atoms with van der Waals surface area (Å²) in [6.45, 7) is 2.43. The highest BCUT2D eigenvalue weighted by molar-refractivity contribution is 7.52. The van der Waals surface area contributed by atoms with Crippen molar-refractivity contribution in [3.8, 4) is 0 Å². The summed E-state index contributed by atoms with van der Waals surface area (Å²) in [7, 11) is -3.44. The number of nitrogens with one attached hydrogen (secondary N) is 1. The zero-order chi connectivity index (χ0) is 17.6. The van der Waals surface area contributed by atoms with Gasteiger partial charge < -0.3 is 19.9 Å². The number of nitrogens with zero attached hydrogens (tertiary/aromatic N) is 4. The summed E-state index contributed by atoms with van der Waals surface area (Å²) in [4.78, 5) is 27.3. The quantitative estimate of drug-likeness (QED) is 0.404. The number of aromatic nitrogens is 5. The van der Waals surface area contributed by atoms with E-state index in [-0.39, 0.29) is 36.6 Å². The van der Waals surface area contributed by atoms with Crippen LogP contribution >= 0.6 is 7.60 Å². The summed E-state index contributed by atoms with van der Waals surface area (Å²) in [5, 5.41) is 7.53. The number of ether oxygens (including phenoxy) is 1. The summed E-state index contributed by atoms with van der Waals surface area (Å²) in [6.07, 6.45) is 2.17. The molecule has 0 fully saturated rings. The lowest BCUT2D eigenvalue weighted by molar-refractivity contribution is 0.0673. The molecule has 0 aliphatic rings. The number of nitrogen functional groups attached to an aromatic ring is 1. The molecule has 0 aliphatic heterocycles. The minimum absolute atomic E-state index is 0.0150. The highest BCUT2D eigenvalue weighted by Crippen LogP contribution is 2.42. The Morgan fingerprint density at radius 1 is 1.38 bits per heavy atom. The van der Waals surface area contributed by atoms with E-state index in [2.05, 4.69) is 20.3 Å². The molecule has 0 radical (unpaired) electrons. The summed E-state index contributed by atoms with van der Waals surface area (Å²) in [5.41, 5.74) is 5.39. The van der Waals surface area contributed by atoms with Crippen LogP contribution in [-0.4, -0.2) is 49.2 Å². The normalized spacial score (nSPS) is 14.1. The fourth-order valence-corrected chi connectivity index (χ4v) is 3.24. The van der Waals surface area contributed by atoms with Crippen LogP contribution in [0.15, 0.2) is 4.79 Å². The smallest absolute Gasteiger partial charge is 0.328 e. The summed E-state index contributed by atoms with van der Waals surface area (Å²) < 4.78 is 23.1. The molecule has 0 spiro atoms. The molecule has 11 nitrogen and oxygen atoms in total. The average Bonchev–Trinajstić information content (AvgIpc) is 2.89. The first-order chi connectivity index (χ1) is 11.4. The van der Waals surface area contributed by atoms with Gasteiger partial charge in [0.2, 0.25) is 5.95 Å². The van der Waals surface area contributed by atoms with Crippen LogP contribution in [-0.2, 0) is 20.6 Å². The molecule has 1 atom stereocenters. The minimum atomic E-state index is -3.44. The van der Waals surface area contributed by atoms with Gasteiger partial charge in [-0.2, -0.15) is 4.98 Å². The Labute approximate surface area is 137 Å². The van der Waals surface area contributed by atoms with Crippen molar-refractivity contribution in [2.24, 2.45) is 0 Å². The van der Waals surface area contributed by atoms with Gasteiger partial charge in [0.25, 0.3) is 5.56 Å². The van der Waals surface area contributed by atoms with Crippen molar-refractivity contribution in [3.05, 3.63) is 10.4 Å². The number of nitrogens with two attached hydrogens (primary N) is 1. The number of hydrogen-bond acceptors (Lipinski definition) is 8. The van der Waals surface area contributed by atoms with E-state index in [4.69, 9.17) is 15.0 Å². The van der Waals surface area contributed by atoms with Gasteiger partial charge in [-0.05, 0) is 19.8 Å². The van der Waals surface area contributed by atoms with Gasteiger partial charge in [0.15, 0.2) is 11.2 Å². The van der Waals surface area contributed by atoms with Gasteiger partial charge in [-0.15, -0.1) is 5.10 Å². The molecule has 134 valence electrons. The zero-order valence-corrected chi connectivity index (χ0v) is 14.2. The number of anilines is 1. The molecule has 2 aromatic heterocycles. The van der Waals surface area contributed by atoms with Crippen LogP contribution in [0.5, 0.6) is 0 Å². The fourth-order valence-electron chi connectivity index (χ4n) is 2.08. The third-order valence-electron chi connectivity index (χ3n) is 3.17. The Kier molecular flexibility index (Phi) is 6.44. The van der Waals surface area contributed by atoms with Crippen LogP contribution in [0.4, 0.5) is 5.95 Å². The standard InChI is InChI=1S/C12H21N6O5P/c1-2-23-24(20,21)7-5-3-4-6-22-8-18-10-9(16-17-18)11(19)15-12(13)14-10/h2-8H2,1H3,(H,20,21)(H3,13,14,15,19). The van der Waals surface area contributed by atoms with Crippen molar-refractivity contribution in [3.63, 3.8) is 0 Å². The van der Waals surface area contributed by atoms with Crippen molar-refractivity contribution in [2.75, 3.05) is 25.1 Å². The van der Waals surface area contributed by atoms with Gasteiger partial charge in [-0.3, -0.25) is 14.3 Å². The molecule has 2 heterocycles. The van der Waals surface area contributed by atoms with Crippen molar-refractivity contribution in [1.82, 2.24) is 25.0 Å². The second-order valence-corrected chi connectivity index (χ2v) is 7.07. The first-order valence-corrected chi connectivity index (χ1v) is 9.32. The van der Waals surface area contributed by atoms with Crippen LogP contribution in [0, 0.1) is 0 Å². The van der Waals surface area contributed by atoms with Crippen LogP contribution in [0.1, 0.15) is 26.2 Å². The average molecular weight is 360 g/mol. The minimum Gasteiger partial charge on any atom is -0.369 e. The lowest BCUT2D eigenvalue weighted by Gasteiger charge is -2.10. The Balaban J connectivity index is 1.72. The van der Waals surface area contributed by atoms with E-state index in [0.29, 0.717) is 13.0 Å². The van der Waals surface area contributed by atoms with E-state index in [0.717, 1.165) is 12.8 Å². The summed E-state index contributed by atoms with van der Waals surface area (Å²) in [6, 6.07) is 0. The molecular formula is C12H21N6O5P. The van der Waals surface area contributed by atoms with E-state index in [9.17, 15) is 14.3 Å². The van der Waals surface area contributed by atoms with Crippen LogP contribution in [0.3, 0.4) is 0 Å². The first kappa shape index (κ1) is 18.5.